The first-order valence-corrected chi connectivity index (χ1v) is 2.59. The molecule has 5 heteroatoms. The van der Waals surface area contributed by atoms with Crippen molar-refractivity contribution >= 4 is 11.3 Å². The summed E-state index contributed by atoms with van der Waals surface area (Å²) in [7, 11) is 0. The minimum absolute atomic E-state index is 0.646. The van der Waals surface area contributed by atoms with Crippen LogP contribution >= 0.6 is 0 Å². The Morgan fingerprint density at radius 3 is 3.00 bits per heavy atom. The van der Waals surface area contributed by atoms with E-state index >= 15 is 0 Å². The van der Waals surface area contributed by atoms with Crippen molar-refractivity contribution < 1.29 is 0 Å². The molecule has 0 aliphatic heterocycles. The Balaban J connectivity index is 2.92. The molecule has 0 radical (unpaired) electrons. The van der Waals surface area contributed by atoms with E-state index in [1.807, 2.05) is 6.92 Å². The maximum absolute atomic E-state index is 4.01. The van der Waals surface area contributed by atoms with Crippen LogP contribution in [-0.2, 0) is 0 Å². The molecule has 0 atom stereocenters. The zero-order valence-corrected chi connectivity index (χ0v) is 4.84. The minimum atomic E-state index is 0.646. The fourth-order valence-corrected chi connectivity index (χ4v) is 0.745. The number of hydrogen-bond acceptors (Lipinski definition) is 3. The van der Waals surface area contributed by atoms with E-state index in [1.54, 1.807) is 0 Å². The van der Waals surface area contributed by atoms with Crippen LogP contribution in [0.5, 0.6) is 0 Å². The Morgan fingerprint density at radius 1 is 1.33 bits per heavy atom. The summed E-state index contributed by atoms with van der Waals surface area (Å²) in [5.41, 5.74) is 1.36. The van der Waals surface area contributed by atoms with Crippen molar-refractivity contribution in [1.29, 1.82) is 0 Å². The number of aromatic nitrogens is 5. The number of nitrogens with zero attached hydrogens (tertiary/aromatic N) is 3. The van der Waals surface area contributed by atoms with Crippen LogP contribution in [0.3, 0.4) is 0 Å². The van der Waals surface area contributed by atoms with Crippen molar-refractivity contribution in [1.82, 2.24) is 25.4 Å². The summed E-state index contributed by atoms with van der Waals surface area (Å²) in [5.74, 6) is 0.842. The number of hydrogen-bond donors (Lipinski definition) is 2. The molecule has 0 fully saturated rings. The van der Waals surface area contributed by atoms with Gasteiger partial charge in [0.05, 0.1) is 0 Å². The first kappa shape index (κ1) is 4.49. The molecule has 0 bridgehead atoms. The monoisotopic (exact) mass is 123 g/mol. The lowest BCUT2D eigenvalue weighted by atomic mass is 10.8. The van der Waals surface area contributed by atoms with Gasteiger partial charge >= 0.3 is 0 Å². The molecule has 9 heavy (non-hydrogen) atoms. The number of nitrogens with one attached hydrogen (secondary N) is 2. The molecule has 2 heterocycles. The molecule has 0 aromatic carbocycles. The van der Waals surface area contributed by atoms with E-state index in [0.717, 1.165) is 5.82 Å². The van der Waals surface area contributed by atoms with Gasteiger partial charge in [-0.3, -0.25) is 0 Å². The third-order valence-corrected chi connectivity index (χ3v) is 1.10. The molecule has 0 unspecified atom stereocenters. The minimum Gasteiger partial charge on any atom is -0.324 e. The maximum atomic E-state index is 4.01. The SMILES string of the molecule is Cc1nc2n[nH]nc2[nH]1. The second-order valence-electron chi connectivity index (χ2n) is 1.82. The van der Waals surface area contributed by atoms with Crippen LogP contribution in [0.2, 0.25) is 0 Å². The van der Waals surface area contributed by atoms with Crippen molar-refractivity contribution in [2.45, 2.75) is 6.92 Å². The summed E-state index contributed by atoms with van der Waals surface area (Å²) < 4.78 is 0. The molecule has 46 valence electrons. The van der Waals surface area contributed by atoms with Gasteiger partial charge in [0.1, 0.15) is 5.82 Å². The van der Waals surface area contributed by atoms with Gasteiger partial charge in [-0.15, -0.1) is 10.2 Å². The average molecular weight is 123 g/mol. The normalized spacial score (nSPS) is 10.8. The summed E-state index contributed by atoms with van der Waals surface area (Å²) in [6.45, 7) is 1.86. The third kappa shape index (κ3) is 0.509. The molecule has 0 amide bonds. The van der Waals surface area contributed by atoms with Crippen molar-refractivity contribution in [2.75, 3.05) is 0 Å². The van der Waals surface area contributed by atoms with Gasteiger partial charge < -0.3 is 4.98 Å². The molecule has 0 saturated carbocycles. The third-order valence-electron chi connectivity index (χ3n) is 1.10. The van der Waals surface area contributed by atoms with Crippen LogP contribution in [0, 0.1) is 6.92 Å². The largest absolute Gasteiger partial charge is 0.324 e. The molecule has 0 aliphatic rings. The summed E-state index contributed by atoms with van der Waals surface area (Å²) in [5, 5.41) is 10.00. The van der Waals surface area contributed by atoms with E-state index < -0.39 is 0 Å². The van der Waals surface area contributed by atoms with Gasteiger partial charge in [-0.25, -0.2) is 4.98 Å². The molecule has 0 saturated heterocycles. The second kappa shape index (κ2) is 1.31. The summed E-state index contributed by atoms with van der Waals surface area (Å²) in [6.07, 6.45) is 0. The van der Waals surface area contributed by atoms with E-state index in [2.05, 4.69) is 25.4 Å². The van der Waals surface area contributed by atoms with Crippen LogP contribution in [0.15, 0.2) is 0 Å². The van der Waals surface area contributed by atoms with Crippen LogP contribution in [0.1, 0.15) is 5.82 Å². The molecule has 2 rings (SSSR count). The second-order valence-corrected chi connectivity index (χ2v) is 1.82. The molecule has 2 N–H and O–H groups in total. The highest BCUT2D eigenvalue weighted by atomic mass is 15.4. The van der Waals surface area contributed by atoms with Gasteiger partial charge in [0, 0.05) is 0 Å². The summed E-state index contributed by atoms with van der Waals surface area (Å²) in [4.78, 5) is 6.94. The fraction of sp³-hybridized carbons (Fsp3) is 0.250. The van der Waals surface area contributed by atoms with Crippen molar-refractivity contribution in [3.05, 3.63) is 5.82 Å². The van der Waals surface area contributed by atoms with Gasteiger partial charge in [-0.2, -0.15) is 5.21 Å². The summed E-state index contributed by atoms with van der Waals surface area (Å²) in [6, 6.07) is 0. The van der Waals surface area contributed by atoms with Crippen molar-refractivity contribution in [3.63, 3.8) is 0 Å². The fourth-order valence-electron chi connectivity index (χ4n) is 0.745. The van der Waals surface area contributed by atoms with Gasteiger partial charge in [0.25, 0.3) is 0 Å². The zero-order chi connectivity index (χ0) is 6.27. The smallest absolute Gasteiger partial charge is 0.220 e. The van der Waals surface area contributed by atoms with Gasteiger partial charge in [-0.1, -0.05) is 0 Å². The van der Waals surface area contributed by atoms with Crippen molar-refractivity contribution in [3.8, 4) is 0 Å². The summed E-state index contributed by atoms with van der Waals surface area (Å²) >= 11 is 0. The average Bonchev–Trinajstić information content (AvgIpc) is 2.22. The molecule has 5 nitrogen and oxygen atoms in total. The molecular formula is C4H5N5. The van der Waals surface area contributed by atoms with Gasteiger partial charge in [-0.05, 0) is 6.92 Å². The highest BCUT2D eigenvalue weighted by molar-refractivity contribution is 5.63. The van der Waals surface area contributed by atoms with Crippen LogP contribution in [-0.4, -0.2) is 25.4 Å². The predicted octanol–water partition coefficient (Wildman–Crippen LogP) is -0.0106. The highest BCUT2D eigenvalue weighted by Gasteiger charge is 1.99. The number of aryl methyl sites for hydroxylation is 1. The van der Waals surface area contributed by atoms with Gasteiger partial charge in [0.2, 0.25) is 5.65 Å². The number of rotatable bonds is 0. The van der Waals surface area contributed by atoms with Crippen LogP contribution < -0.4 is 0 Å². The van der Waals surface area contributed by atoms with E-state index in [-0.39, 0.29) is 0 Å². The number of aromatic amines is 2. The van der Waals surface area contributed by atoms with E-state index in [0.29, 0.717) is 11.3 Å². The lowest BCUT2D eigenvalue weighted by Gasteiger charge is -1.72. The first-order valence-electron chi connectivity index (χ1n) is 2.59. The van der Waals surface area contributed by atoms with E-state index in [1.165, 1.54) is 0 Å². The quantitative estimate of drug-likeness (QED) is 0.517. The van der Waals surface area contributed by atoms with Gasteiger partial charge in [0.15, 0.2) is 5.65 Å². The topological polar surface area (TPSA) is 70.2 Å². The molecule has 2 aromatic heterocycles. The zero-order valence-electron chi connectivity index (χ0n) is 4.84. The Hall–Kier alpha value is -1.39. The molecule has 0 aliphatic carbocycles. The molecule has 2 aromatic rings. The Kier molecular flexibility index (Phi) is 0.652. The number of imidazole rings is 1. The van der Waals surface area contributed by atoms with Crippen LogP contribution in [0.4, 0.5) is 0 Å². The van der Waals surface area contributed by atoms with E-state index in [9.17, 15) is 0 Å². The van der Waals surface area contributed by atoms with E-state index in [4.69, 9.17) is 0 Å². The standard InChI is InChI=1S/C4H5N5/c1-2-5-3-4(6-2)8-9-7-3/h1H3,(H2,5,6,7,8,9). The number of fused-ring (bicyclic) bond motifs is 1. The van der Waals surface area contributed by atoms with Crippen molar-refractivity contribution in [2.24, 2.45) is 0 Å². The highest BCUT2D eigenvalue weighted by Crippen LogP contribution is 2.00. The number of H-pyrrole nitrogens is 2. The molecular weight excluding hydrogens is 118 g/mol. The maximum Gasteiger partial charge on any atom is 0.220 e. The Labute approximate surface area is 50.5 Å². The first-order chi connectivity index (χ1) is 4.36. The molecule has 0 spiro atoms. The lowest BCUT2D eigenvalue weighted by Crippen LogP contribution is -1.75. The Bertz CT molecular complexity index is 290. The lowest BCUT2D eigenvalue weighted by molar-refractivity contribution is 0.934. The Morgan fingerprint density at radius 2 is 2.22 bits per heavy atom. The van der Waals surface area contributed by atoms with Crippen LogP contribution in [0.25, 0.3) is 11.3 Å². The predicted molar refractivity (Wildman–Crippen MR) is 30.8 cm³/mol.